The van der Waals surface area contributed by atoms with Crippen LogP contribution in [0, 0.1) is 5.92 Å². The number of hydrogen-bond donors (Lipinski definition) is 1. The number of nitrogens with one attached hydrogen (secondary N) is 1. The van der Waals surface area contributed by atoms with Gasteiger partial charge >= 0.3 is 0 Å². The number of benzene rings is 1. The van der Waals surface area contributed by atoms with E-state index in [0.29, 0.717) is 18.2 Å². The molecule has 0 bridgehead atoms. The van der Waals surface area contributed by atoms with Crippen LogP contribution < -0.4 is 5.32 Å². The quantitative estimate of drug-likeness (QED) is 0.591. The molecule has 7 nitrogen and oxygen atoms in total. The molecule has 1 unspecified atom stereocenters. The van der Waals surface area contributed by atoms with Crippen LogP contribution in [0.25, 0.3) is 11.3 Å². The summed E-state index contributed by atoms with van der Waals surface area (Å²) in [5.41, 5.74) is 4.98. The average molecular weight is 448 g/mol. The van der Waals surface area contributed by atoms with Gasteiger partial charge in [-0.05, 0) is 38.0 Å². The number of aromatic nitrogens is 3. The van der Waals surface area contributed by atoms with Crippen molar-refractivity contribution in [1.82, 2.24) is 25.2 Å². The van der Waals surface area contributed by atoms with Gasteiger partial charge in [0.05, 0.1) is 5.69 Å². The Morgan fingerprint density at radius 3 is 2.76 bits per heavy atom. The Kier molecular flexibility index (Phi) is 6.31. The van der Waals surface area contributed by atoms with Gasteiger partial charge in [-0.25, -0.2) is 0 Å². The molecule has 1 fully saturated rings. The van der Waals surface area contributed by atoms with Crippen LogP contribution in [-0.2, 0) is 25.9 Å². The molecule has 0 saturated carbocycles. The van der Waals surface area contributed by atoms with E-state index in [1.165, 1.54) is 5.69 Å². The Labute approximate surface area is 195 Å². The zero-order valence-electron chi connectivity index (χ0n) is 19.6. The third-order valence-electron chi connectivity index (χ3n) is 6.67. The van der Waals surface area contributed by atoms with E-state index < -0.39 is 0 Å². The van der Waals surface area contributed by atoms with Crippen molar-refractivity contribution in [2.75, 3.05) is 13.1 Å². The second-order valence-electron chi connectivity index (χ2n) is 9.72. The highest BCUT2D eigenvalue weighted by Gasteiger charge is 2.32. The minimum atomic E-state index is 0.107. The third kappa shape index (κ3) is 4.74. The van der Waals surface area contributed by atoms with Crippen molar-refractivity contribution in [3.63, 3.8) is 0 Å². The monoisotopic (exact) mass is 447 g/mol. The van der Waals surface area contributed by atoms with Crippen LogP contribution >= 0.6 is 0 Å². The Morgan fingerprint density at radius 1 is 1.21 bits per heavy atom. The molecule has 1 amide bonds. The molecule has 2 aliphatic rings. The summed E-state index contributed by atoms with van der Waals surface area (Å²) in [5, 5.41) is 12.7. The number of carbonyl (C=O) groups excluding carboxylic acids is 1. The van der Waals surface area contributed by atoms with Crippen molar-refractivity contribution in [3.8, 4) is 11.3 Å². The Bertz CT molecular complexity index is 1100. The first-order chi connectivity index (χ1) is 16.1. The van der Waals surface area contributed by atoms with Gasteiger partial charge in [0.1, 0.15) is 0 Å². The van der Waals surface area contributed by atoms with E-state index in [1.54, 1.807) is 0 Å². The second-order valence-corrected chi connectivity index (χ2v) is 9.72. The molecule has 174 valence electrons. The van der Waals surface area contributed by atoms with Crippen LogP contribution in [0.4, 0.5) is 0 Å². The summed E-state index contributed by atoms with van der Waals surface area (Å²) >= 11 is 0. The van der Waals surface area contributed by atoms with Crippen LogP contribution in [0.15, 0.2) is 40.9 Å². The van der Waals surface area contributed by atoms with Crippen LogP contribution in [-0.4, -0.2) is 44.9 Å². The maximum absolute atomic E-state index is 13.2. The number of nitrogens with zero attached hydrogens (tertiary/aromatic N) is 4. The van der Waals surface area contributed by atoms with Crippen molar-refractivity contribution >= 4 is 5.91 Å². The van der Waals surface area contributed by atoms with Gasteiger partial charge in [0.25, 0.3) is 5.91 Å². The third-order valence-corrected chi connectivity index (χ3v) is 6.67. The summed E-state index contributed by atoms with van der Waals surface area (Å²) in [6, 6.07) is 12.3. The normalized spacial score (nSPS) is 18.2. The maximum atomic E-state index is 13.2. The smallest absolute Gasteiger partial charge is 0.274 e. The molecule has 5 rings (SSSR count). The second kappa shape index (κ2) is 9.51. The number of fused-ring (bicyclic) bond motifs is 1. The van der Waals surface area contributed by atoms with Crippen LogP contribution in [0.1, 0.15) is 60.5 Å². The highest BCUT2D eigenvalue weighted by atomic mass is 16.5. The Hall–Kier alpha value is -2.93. The molecule has 1 aliphatic carbocycles. The predicted octanol–water partition coefficient (Wildman–Crippen LogP) is 4.08. The summed E-state index contributed by atoms with van der Waals surface area (Å²) < 4.78 is 7.64. The first-order valence-electron chi connectivity index (χ1n) is 12.2. The molecule has 1 aromatic carbocycles. The van der Waals surface area contributed by atoms with Crippen LogP contribution in [0.3, 0.4) is 0 Å². The Morgan fingerprint density at radius 2 is 2.00 bits per heavy atom. The average Bonchev–Trinajstić information content (AvgIpc) is 3.58. The van der Waals surface area contributed by atoms with Crippen molar-refractivity contribution in [2.24, 2.45) is 5.92 Å². The molecule has 0 spiro atoms. The zero-order valence-corrected chi connectivity index (χ0v) is 19.6. The fourth-order valence-corrected chi connectivity index (χ4v) is 4.98. The molecular weight excluding hydrogens is 414 g/mol. The van der Waals surface area contributed by atoms with Gasteiger partial charge in [0.15, 0.2) is 11.5 Å². The summed E-state index contributed by atoms with van der Waals surface area (Å²) in [6.07, 6.45) is 4.97. The van der Waals surface area contributed by atoms with E-state index >= 15 is 0 Å². The number of amides is 1. The van der Waals surface area contributed by atoms with Crippen molar-refractivity contribution in [3.05, 3.63) is 59.0 Å². The zero-order chi connectivity index (χ0) is 22.8. The SMILES string of the molecule is CC(C)Cn1nc(C(=O)N2CCCC2)c2c1CCC(NCc1cc(-c3ccccc3)on1)C2. The van der Waals surface area contributed by atoms with E-state index in [0.717, 1.165) is 74.3 Å². The summed E-state index contributed by atoms with van der Waals surface area (Å²) in [6.45, 7) is 7.60. The van der Waals surface area contributed by atoms with Crippen molar-refractivity contribution < 1.29 is 9.32 Å². The number of rotatable bonds is 7. The molecule has 2 aromatic heterocycles. The lowest BCUT2D eigenvalue weighted by molar-refractivity contribution is 0.0784. The van der Waals surface area contributed by atoms with Crippen LogP contribution in [0.2, 0.25) is 0 Å². The fourth-order valence-electron chi connectivity index (χ4n) is 4.98. The summed E-state index contributed by atoms with van der Waals surface area (Å²) in [7, 11) is 0. The minimum absolute atomic E-state index is 0.107. The number of carbonyl (C=O) groups is 1. The first-order valence-corrected chi connectivity index (χ1v) is 12.2. The van der Waals surface area contributed by atoms with E-state index in [1.807, 2.05) is 41.3 Å². The predicted molar refractivity (Wildman–Crippen MR) is 127 cm³/mol. The van der Waals surface area contributed by atoms with E-state index in [2.05, 4.69) is 29.0 Å². The van der Waals surface area contributed by atoms with Gasteiger partial charge in [-0.2, -0.15) is 5.10 Å². The van der Waals surface area contributed by atoms with Gasteiger partial charge in [0.2, 0.25) is 0 Å². The Balaban J connectivity index is 1.30. The molecule has 3 aromatic rings. The molecule has 0 radical (unpaired) electrons. The fraction of sp³-hybridized carbons (Fsp3) is 0.500. The van der Waals surface area contributed by atoms with Crippen molar-refractivity contribution in [2.45, 2.75) is 65.1 Å². The summed E-state index contributed by atoms with van der Waals surface area (Å²) in [5.74, 6) is 1.38. The van der Waals surface area contributed by atoms with Gasteiger partial charge in [-0.3, -0.25) is 9.48 Å². The lowest BCUT2D eigenvalue weighted by Crippen LogP contribution is -2.36. The molecular formula is C26H33N5O2. The summed E-state index contributed by atoms with van der Waals surface area (Å²) in [4.78, 5) is 15.2. The highest BCUT2D eigenvalue weighted by molar-refractivity contribution is 5.94. The lowest BCUT2D eigenvalue weighted by Gasteiger charge is -2.25. The van der Waals surface area contributed by atoms with Crippen molar-refractivity contribution in [1.29, 1.82) is 0 Å². The molecule has 1 N–H and O–H groups in total. The van der Waals surface area contributed by atoms with Gasteiger partial charge in [0, 0.05) is 55.1 Å². The number of likely N-dealkylation sites (tertiary alicyclic amines) is 1. The van der Waals surface area contributed by atoms with E-state index in [-0.39, 0.29) is 11.9 Å². The van der Waals surface area contributed by atoms with Gasteiger partial charge in [-0.1, -0.05) is 49.3 Å². The largest absolute Gasteiger partial charge is 0.356 e. The minimum Gasteiger partial charge on any atom is -0.356 e. The highest BCUT2D eigenvalue weighted by Crippen LogP contribution is 2.28. The van der Waals surface area contributed by atoms with E-state index in [9.17, 15) is 4.79 Å². The van der Waals surface area contributed by atoms with Crippen LogP contribution in [0.5, 0.6) is 0 Å². The molecule has 7 heteroatoms. The molecule has 1 saturated heterocycles. The maximum Gasteiger partial charge on any atom is 0.274 e. The van der Waals surface area contributed by atoms with Gasteiger partial charge < -0.3 is 14.7 Å². The topological polar surface area (TPSA) is 76.2 Å². The first kappa shape index (κ1) is 21.9. The molecule has 1 aliphatic heterocycles. The molecule has 1 atom stereocenters. The van der Waals surface area contributed by atoms with Gasteiger partial charge in [-0.15, -0.1) is 0 Å². The lowest BCUT2D eigenvalue weighted by atomic mass is 9.91. The number of hydrogen-bond acceptors (Lipinski definition) is 5. The van der Waals surface area contributed by atoms with E-state index in [4.69, 9.17) is 9.62 Å². The standard InChI is InChI=1S/C26H33N5O2/c1-18(2)17-31-23-11-10-20(14-22(23)25(28-31)26(32)30-12-6-7-13-30)27-16-21-15-24(33-29-21)19-8-4-3-5-9-19/h3-5,8-9,15,18,20,27H,6-7,10-14,16-17H2,1-2H3. The molecule has 33 heavy (non-hydrogen) atoms. The molecule has 3 heterocycles.